The second-order valence-electron chi connectivity index (χ2n) is 5.17. The number of amides is 2. The van der Waals surface area contributed by atoms with Crippen LogP contribution < -0.4 is 10.2 Å². The fraction of sp³-hybridized carbons (Fsp3) is 0.176. The van der Waals surface area contributed by atoms with E-state index in [2.05, 4.69) is 5.32 Å². The Balaban J connectivity index is 2.05. The minimum absolute atomic E-state index is 0.00950. The van der Waals surface area contributed by atoms with Crippen LogP contribution in [0, 0.1) is 11.6 Å². The number of carbonyl (C=O) groups is 2. The fourth-order valence-electron chi connectivity index (χ4n) is 2.15. The quantitative estimate of drug-likeness (QED) is 0.812. The second kappa shape index (κ2) is 8.27. The predicted molar refractivity (Wildman–Crippen MR) is 94.1 cm³/mol. The number of carbonyl (C=O) groups excluding carboxylic acids is 2. The molecule has 0 radical (unpaired) electrons. The van der Waals surface area contributed by atoms with Crippen LogP contribution in [0.4, 0.5) is 20.2 Å². The monoisotopic (exact) mass is 386 g/mol. The van der Waals surface area contributed by atoms with Crippen LogP contribution in [-0.2, 0) is 9.59 Å². The smallest absolute Gasteiger partial charge is 0.226 e. The number of hydrogen-bond donors (Lipinski definition) is 1. The molecule has 0 saturated heterocycles. The Bertz CT molecular complexity index is 815. The number of rotatable bonds is 5. The van der Waals surface area contributed by atoms with Crippen molar-refractivity contribution in [2.24, 2.45) is 0 Å². The van der Waals surface area contributed by atoms with Crippen molar-refractivity contribution in [1.82, 2.24) is 0 Å². The lowest BCUT2D eigenvalue weighted by molar-refractivity contribution is -0.117. The van der Waals surface area contributed by atoms with Gasteiger partial charge in [0.25, 0.3) is 0 Å². The zero-order valence-corrected chi connectivity index (χ0v) is 14.7. The molecule has 2 amide bonds. The Labute approximate surface area is 153 Å². The van der Waals surface area contributed by atoms with Gasteiger partial charge in [-0.3, -0.25) is 9.59 Å². The molecule has 4 nitrogen and oxygen atoms in total. The van der Waals surface area contributed by atoms with Crippen molar-refractivity contribution in [2.75, 3.05) is 16.8 Å². The van der Waals surface area contributed by atoms with Crippen molar-refractivity contribution < 1.29 is 18.4 Å². The first kappa shape index (κ1) is 19.1. The van der Waals surface area contributed by atoms with E-state index >= 15 is 0 Å². The topological polar surface area (TPSA) is 49.4 Å². The molecule has 0 aliphatic carbocycles. The number of nitrogens with zero attached hydrogens (tertiary/aromatic N) is 1. The third-order valence-electron chi connectivity index (χ3n) is 3.38. The van der Waals surface area contributed by atoms with Crippen molar-refractivity contribution in [3.05, 3.63) is 58.1 Å². The summed E-state index contributed by atoms with van der Waals surface area (Å²) in [5.41, 5.74) is 0.515. The molecule has 0 unspecified atom stereocenters. The SMILES string of the molecule is CC(=O)N(CCC(=O)Nc1cccc(Cl)c1Cl)c1ccc(F)c(F)c1. The van der Waals surface area contributed by atoms with Crippen molar-refractivity contribution in [3.8, 4) is 0 Å². The number of nitrogens with one attached hydrogen (secondary N) is 1. The highest BCUT2D eigenvalue weighted by Gasteiger charge is 2.16. The van der Waals surface area contributed by atoms with Crippen LogP contribution in [0.2, 0.25) is 10.0 Å². The molecule has 2 aromatic carbocycles. The largest absolute Gasteiger partial charge is 0.325 e. The predicted octanol–water partition coefficient (Wildman–Crippen LogP) is 4.65. The van der Waals surface area contributed by atoms with Crippen LogP contribution in [0.5, 0.6) is 0 Å². The third kappa shape index (κ3) is 4.90. The molecule has 132 valence electrons. The molecule has 0 bridgehead atoms. The first-order valence-corrected chi connectivity index (χ1v) is 8.02. The van der Waals surface area contributed by atoms with E-state index < -0.39 is 23.4 Å². The molecule has 25 heavy (non-hydrogen) atoms. The molecule has 0 fully saturated rings. The van der Waals surface area contributed by atoms with E-state index in [-0.39, 0.29) is 23.7 Å². The van der Waals surface area contributed by atoms with Gasteiger partial charge in [0.2, 0.25) is 11.8 Å². The molecule has 0 saturated carbocycles. The molecule has 0 aliphatic rings. The minimum Gasteiger partial charge on any atom is -0.325 e. The maximum Gasteiger partial charge on any atom is 0.226 e. The van der Waals surface area contributed by atoms with E-state index in [0.29, 0.717) is 10.7 Å². The van der Waals surface area contributed by atoms with E-state index in [9.17, 15) is 18.4 Å². The van der Waals surface area contributed by atoms with Crippen molar-refractivity contribution >= 4 is 46.4 Å². The second-order valence-corrected chi connectivity index (χ2v) is 5.95. The molecule has 2 rings (SSSR count). The molecular formula is C17H14Cl2F2N2O2. The fourth-order valence-corrected chi connectivity index (χ4v) is 2.50. The van der Waals surface area contributed by atoms with E-state index in [1.807, 2.05) is 0 Å². The Hall–Kier alpha value is -2.18. The number of hydrogen-bond acceptors (Lipinski definition) is 2. The lowest BCUT2D eigenvalue weighted by Crippen LogP contribution is -2.32. The Morgan fingerprint density at radius 3 is 2.48 bits per heavy atom. The summed E-state index contributed by atoms with van der Waals surface area (Å²) in [5, 5.41) is 3.10. The van der Waals surface area contributed by atoms with Gasteiger partial charge in [0.15, 0.2) is 11.6 Å². The zero-order valence-electron chi connectivity index (χ0n) is 13.2. The highest BCUT2D eigenvalue weighted by Crippen LogP contribution is 2.29. The molecule has 2 aromatic rings. The Kier molecular flexibility index (Phi) is 6.33. The van der Waals surface area contributed by atoms with Crippen LogP contribution in [0.15, 0.2) is 36.4 Å². The van der Waals surface area contributed by atoms with Crippen LogP contribution in [0.3, 0.4) is 0 Å². The molecule has 1 N–H and O–H groups in total. The summed E-state index contributed by atoms with van der Waals surface area (Å²) in [7, 11) is 0. The first-order valence-electron chi connectivity index (χ1n) is 7.26. The van der Waals surface area contributed by atoms with Gasteiger partial charge in [-0.2, -0.15) is 0 Å². The summed E-state index contributed by atoms with van der Waals surface area (Å²) in [6, 6.07) is 7.90. The molecule has 8 heteroatoms. The van der Waals surface area contributed by atoms with E-state index in [1.54, 1.807) is 18.2 Å². The van der Waals surface area contributed by atoms with Gasteiger partial charge < -0.3 is 10.2 Å². The molecule has 0 spiro atoms. The van der Waals surface area contributed by atoms with Gasteiger partial charge in [0, 0.05) is 31.6 Å². The van der Waals surface area contributed by atoms with Crippen molar-refractivity contribution in [2.45, 2.75) is 13.3 Å². The van der Waals surface area contributed by atoms with E-state index in [1.165, 1.54) is 17.9 Å². The van der Waals surface area contributed by atoms with Crippen molar-refractivity contribution in [3.63, 3.8) is 0 Å². The highest BCUT2D eigenvalue weighted by molar-refractivity contribution is 6.43. The van der Waals surface area contributed by atoms with Crippen LogP contribution in [-0.4, -0.2) is 18.4 Å². The molecule has 0 atom stereocenters. The molecular weight excluding hydrogens is 373 g/mol. The Morgan fingerprint density at radius 1 is 1.12 bits per heavy atom. The van der Waals surface area contributed by atoms with Gasteiger partial charge in [0.05, 0.1) is 15.7 Å². The number of anilines is 2. The highest BCUT2D eigenvalue weighted by atomic mass is 35.5. The summed E-state index contributed by atoms with van der Waals surface area (Å²) in [5.74, 6) is -2.89. The molecule has 0 heterocycles. The number of benzene rings is 2. The van der Waals surface area contributed by atoms with Crippen LogP contribution >= 0.6 is 23.2 Å². The summed E-state index contributed by atoms with van der Waals surface area (Å²) >= 11 is 11.9. The summed E-state index contributed by atoms with van der Waals surface area (Å²) in [4.78, 5) is 25.0. The Morgan fingerprint density at radius 2 is 1.84 bits per heavy atom. The average molecular weight is 387 g/mol. The third-order valence-corrected chi connectivity index (χ3v) is 4.20. The van der Waals surface area contributed by atoms with E-state index in [0.717, 1.165) is 12.1 Å². The average Bonchev–Trinajstić information content (AvgIpc) is 2.55. The lowest BCUT2D eigenvalue weighted by atomic mass is 10.2. The van der Waals surface area contributed by atoms with Crippen LogP contribution in [0.1, 0.15) is 13.3 Å². The van der Waals surface area contributed by atoms with Crippen LogP contribution in [0.25, 0.3) is 0 Å². The van der Waals surface area contributed by atoms with Gasteiger partial charge in [-0.25, -0.2) is 8.78 Å². The normalized spacial score (nSPS) is 10.4. The molecule has 0 aromatic heterocycles. The van der Waals surface area contributed by atoms with Gasteiger partial charge in [-0.05, 0) is 24.3 Å². The summed E-state index contributed by atoms with van der Waals surface area (Å²) < 4.78 is 26.4. The maximum atomic E-state index is 13.4. The van der Waals surface area contributed by atoms with E-state index in [4.69, 9.17) is 23.2 Å². The van der Waals surface area contributed by atoms with Gasteiger partial charge in [0.1, 0.15) is 0 Å². The van der Waals surface area contributed by atoms with Gasteiger partial charge in [-0.1, -0.05) is 29.3 Å². The standard InChI is InChI=1S/C17H14Cl2F2N2O2/c1-10(24)23(11-5-6-13(20)14(21)9-11)8-7-16(25)22-15-4-2-3-12(18)17(15)19/h2-6,9H,7-8H2,1H3,(H,22,25). The number of halogens is 4. The van der Waals surface area contributed by atoms with Gasteiger partial charge >= 0.3 is 0 Å². The lowest BCUT2D eigenvalue weighted by Gasteiger charge is -2.21. The van der Waals surface area contributed by atoms with Gasteiger partial charge in [-0.15, -0.1) is 0 Å². The summed E-state index contributed by atoms with van der Waals surface area (Å²) in [6.07, 6.45) is -0.0680. The maximum absolute atomic E-state index is 13.4. The van der Waals surface area contributed by atoms with Crippen molar-refractivity contribution in [1.29, 1.82) is 0 Å². The summed E-state index contributed by atoms with van der Waals surface area (Å²) in [6.45, 7) is 1.26. The first-order chi connectivity index (χ1) is 11.8. The molecule has 0 aliphatic heterocycles. The minimum atomic E-state index is -1.07. The zero-order chi connectivity index (χ0) is 18.6.